The van der Waals surface area contributed by atoms with Crippen LogP contribution >= 0.6 is 0 Å². The molecule has 0 spiro atoms. The average Bonchev–Trinajstić information content (AvgIpc) is 2.58. The molecule has 0 saturated carbocycles. The van der Waals surface area contributed by atoms with Gasteiger partial charge < -0.3 is 4.57 Å². The van der Waals surface area contributed by atoms with Crippen LogP contribution < -0.4 is 0 Å². The Balaban J connectivity index is 2.23. The quantitative estimate of drug-likeness (QED) is 0.726. The van der Waals surface area contributed by atoms with E-state index in [2.05, 4.69) is 50.3 Å². The molecule has 1 aliphatic rings. The van der Waals surface area contributed by atoms with E-state index in [-0.39, 0.29) is 5.41 Å². The Hall–Kier alpha value is -0.830. The lowest BCUT2D eigenvalue weighted by Gasteiger charge is -2.30. The van der Waals surface area contributed by atoms with Crippen LogP contribution in [0.1, 0.15) is 46.1 Å². The van der Waals surface area contributed by atoms with Crippen molar-refractivity contribution in [1.29, 1.82) is 0 Å². The minimum absolute atomic E-state index is 0.160. The predicted molar refractivity (Wildman–Crippen MR) is 66.5 cm³/mol. The summed E-state index contributed by atoms with van der Waals surface area (Å²) in [7, 11) is 0. The summed E-state index contributed by atoms with van der Waals surface area (Å²) in [5.74, 6) is 1.23. The van der Waals surface area contributed by atoms with Gasteiger partial charge in [0.2, 0.25) is 0 Å². The summed E-state index contributed by atoms with van der Waals surface area (Å²) in [4.78, 5) is 7.26. The molecule has 0 N–H and O–H groups in total. The largest absolute Gasteiger partial charge is 0.332 e. The van der Waals surface area contributed by atoms with Gasteiger partial charge in [-0.3, -0.25) is 4.90 Å². The van der Waals surface area contributed by atoms with Crippen LogP contribution in [0, 0.1) is 0 Å². The van der Waals surface area contributed by atoms with Gasteiger partial charge in [-0.2, -0.15) is 0 Å². The highest BCUT2D eigenvalue weighted by Gasteiger charge is 2.24. The molecule has 0 aliphatic carbocycles. The predicted octanol–water partition coefficient (Wildman–Crippen LogP) is 2.40. The molecule has 3 heteroatoms. The lowest BCUT2D eigenvalue weighted by atomic mass is 9.93. The first kappa shape index (κ1) is 11.6. The van der Waals surface area contributed by atoms with Gasteiger partial charge in [0.05, 0.1) is 12.2 Å². The Morgan fingerprint density at radius 1 is 1.25 bits per heavy atom. The van der Waals surface area contributed by atoms with E-state index in [1.807, 2.05) is 0 Å². The molecule has 1 aliphatic heterocycles. The lowest BCUT2D eigenvalue weighted by molar-refractivity contribution is 0.173. The van der Waals surface area contributed by atoms with Crippen LogP contribution in [0.2, 0.25) is 0 Å². The number of nitrogens with zero attached hydrogens (tertiary/aromatic N) is 3. The van der Waals surface area contributed by atoms with E-state index in [0.717, 1.165) is 19.6 Å². The summed E-state index contributed by atoms with van der Waals surface area (Å²) in [6, 6.07) is 0.614. The standard InChI is InChI=1S/C13H23N3/c1-10(2)15-6-7-16-8-11(13(3,4)5)14-12(16)9-15/h8,10H,6-7,9H2,1-5H3. The number of fused-ring (bicyclic) bond motifs is 1. The summed E-state index contributed by atoms with van der Waals surface area (Å²) < 4.78 is 2.32. The molecular weight excluding hydrogens is 198 g/mol. The molecular formula is C13H23N3. The summed E-state index contributed by atoms with van der Waals surface area (Å²) in [6.07, 6.45) is 2.23. The van der Waals surface area contributed by atoms with Crippen molar-refractivity contribution < 1.29 is 0 Å². The second-order valence-corrected chi connectivity index (χ2v) is 6.05. The number of rotatable bonds is 1. The molecule has 0 aromatic carbocycles. The van der Waals surface area contributed by atoms with Crippen molar-refractivity contribution in [3.05, 3.63) is 17.7 Å². The normalized spacial score (nSPS) is 17.9. The van der Waals surface area contributed by atoms with Crippen LogP contribution in [0.4, 0.5) is 0 Å². The first-order valence-electron chi connectivity index (χ1n) is 6.18. The fourth-order valence-corrected chi connectivity index (χ4v) is 2.07. The van der Waals surface area contributed by atoms with Gasteiger partial charge >= 0.3 is 0 Å². The lowest BCUT2D eigenvalue weighted by Crippen LogP contribution is -2.38. The molecule has 0 radical (unpaired) electrons. The molecule has 0 bridgehead atoms. The van der Waals surface area contributed by atoms with E-state index in [9.17, 15) is 0 Å². The van der Waals surface area contributed by atoms with Crippen LogP contribution in [0.25, 0.3) is 0 Å². The maximum absolute atomic E-state index is 4.78. The molecule has 90 valence electrons. The van der Waals surface area contributed by atoms with E-state index in [1.165, 1.54) is 11.5 Å². The molecule has 0 fully saturated rings. The van der Waals surface area contributed by atoms with Gasteiger partial charge in [-0.05, 0) is 13.8 Å². The van der Waals surface area contributed by atoms with E-state index in [1.54, 1.807) is 0 Å². The topological polar surface area (TPSA) is 21.1 Å². The fourth-order valence-electron chi connectivity index (χ4n) is 2.07. The zero-order valence-electron chi connectivity index (χ0n) is 11.1. The molecule has 1 aromatic rings. The van der Waals surface area contributed by atoms with E-state index in [4.69, 9.17) is 4.98 Å². The Morgan fingerprint density at radius 2 is 1.94 bits per heavy atom. The third-order valence-corrected chi connectivity index (χ3v) is 3.33. The van der Waals surface area contributed by atoms with Crippen LogP contribution in [-0.4, -0.2) is 27.0 Å². The molecule has 0 unspecified atom stereocenters. The van der Waals surface area contributed by atoms with Gasteiger partial charge in [-0.15, -0.1) is 0 Å². The molecule has 0 atom stereocenters. The third kappa shape index (κ3) is 2.14. The van der Waals surface area contributed by atoms with Gasteiger partial charge in [-0.25, -0.2) is 4.98 Å². The van der Waals surface area contributed by atoms with Crippen molar-refractivity contribution in [2.24, 2.45) is 0 Å². The smallest absolute Gasteiger partial charge is 0.123 e. The van der Waals surface area contributed by atoms with Crippen LogP contribution in [-0.2, 0) is 18.5 Å². The number of hydrogen-bond donors (Lipinski definition) is 0. The molecule has 3 nitrogen and oxygen atoms in total. The van der Waals surface area contributed by atoms with Gasteiger partial charge in [0.15, 0.2) is 0 Å². The highest BCUT2D eigenvalue weighted by Crippen LogP contribution is 2.23. The summed E-state index contributed by atoms with van der Waals surface area (Å²) in [5.41, 5.74) is 1.38. The zero-order chi connectivity index (χ0) is 11.9. The second-order valence-electron chi connectivity index (χ2n) is 6.05. The molecule has 2 heterocycles. The van der Waals surface area contributed by atoms with E-state index in [0.29, 0.717) is 6.04 Å². The average molecular weight is 221 g/mol. The maximum Gasteiger partial charge on any atom is 0.123 e. The van der Waals surface area contributed by atoms with Crippen molar-refractivity contribution >= 4 is 0 Å². The molecule has 1 aromatic heterocycles. The van der Waals surface area contributed by atoms with Crippen LogP contribution in [0.5, 0.6) is 0 Å². The zero-order valence-corrected chi connectivity index (χ0v) is 11.1. The van der Waals surface area contributed by atoms with Gasteiger partial charge in [0.25, 0.3) is 0 Å². The molecule has 2 rings (SSSR count). The first-order chi connectivity index (χ1) is 7.38. The van der Waals surface area contributed by atoms with Crippen LogP contribution in [0.3, 0.4) is 0 Å². The minimum Gasteiger partial charge on any atom is -0.332 e. The van der Waals surface area contributed by atoms with Crippen molar-refractivity contribution in [2.75, 3.05) is 6.54 Å². The highest BCUT2D eigenvalue weighted by molar-refractivity contribution is 5.14. The van der Waals surface area contributed by atoms with Crippen molar-refractivity contribution in [3.8, 4) is 0 Å². The molecule has 16 heavy (non-hydrogen) atoms. The van der Waals surface area contributed by atoms with Gasteiger partial charge in [0.1, 0.15) is 5.82 Å². The molecule has 0 saturated heterocycles. The third-order valence-electron chi connectivity index (χ3n) is 3.33. The summed E-state index contributed by atoms with van der Waals surface area (Å²) in [6.45, 7) is 14.4. The van der Waals surface area contributed by atoms with Gasteiger partial charge in [0, 0.05) is 30.7 Å². The Morgan fingerprint density at radius 3 is 2.50 bits per heavy atom. The maximum atomic E-state index is 4.78. The SMILES string of the molecule is CC(C)N1CCn2cc(C(C)(C)C)nc2C1. The Kier molecular flexibility index (Phi) is 2.82. The summed E-state index contributed by atoms with van der Waals surface area (Å²) in [5, 5.41) is 0. The second kappa shape index (κ2) is 3.88. The molecule has 0 amide bonds. The fraction of sp³-hybridized carbons (Fsp3) is 0.769. The van der Waals surface area contributed by atoms with Crippen molar-refractivity contribution in [1.82, 2.24) is 14.5 Å². The summed E-state index contributed by atoms with van der Waals surface area (Å²) >= 11 is 0. The van der Waals surface area contributed by atoms with Crippen LogP contribution in [0.15, 0.2) is 6.20 Å². The Bertz CT molecular complexity index is 371. The van der Waals surface area contributed by atoms with Gasteiger partial charge in [-0.1, -0.05) is 20.8 Å². The monoisotopic (exact) mass is 221 g/mol. The number of aromatic nitrogens is 2. The number of imidazole rings is 1. The van der Waals surface area contributed by atoms with E-state index >= 15 is 0 Å². The highest BCUT2D eigenvalue weighted by atomic mass is 15.2. The van der Waals surface area contributed by atoms with E-state index < -0.39 is 0 Å². The van der Waals surface area contributed by atoms with Crippen molar-refractivity contribution in [2.45, 2.75) is 59.2 Å². The first-order valence-corrected chi connectivity index (χ1v) is 6.18. The van der Waals surface area contributed by atoms with Crippen molar-refractivity contribution in [3.63, 3.8) is 0 Å². The minimum atomic E-state index is 0.160. The Labute approximate surface area is 98.5 Å². The number of hydrogen-bond acceptors (Lipinski definition) is 2.